The maximum Gasteiger partial charge on any atom is 0.130 e. The van der Waals surface area contributed by atoms with Crippen molar-refractivity contribution in [3.8, 4) is 0 Å². The van der Waals surface area contributed by atoms with E-state index in [1.807, 2.05) is 25.1 Å². The molecule has 2 atom stereocenters. The summed E-state index contributed by atoms with van der Waals surface area (Å²) in [5, 5.41) is 3.40. The standard InChI is InChI=1S/C17H19F2N/c1-3-17(13-7-5-4-6-8-13)20-12(2)15-10-9-14(18)11-16(15)19/h4-12,17,20H,3H2,1-2H3. The summed E-state index contributed by atoms with van der Waals surface area (Å²) in [5.74, 6) is -1.05. The molecule has 0 amide bonds. The maximum atomic E-state index is 13.8. The second kappa shape index (κ2) is 6.62. The molecular weight excluding hydrogens is 256 g/mol. The Hall–Kier alpha value is -1.74. The van der Waals surface area contributed by atoms with E-state index < -0.39 is 11.6 Å². The first-order valence-electron chi connectivity index (χ1n) is 6.87. The van der Waals surface area contributed by atoms with Crippen molar-refractivity contribution in [1.29, 1.82) is 0 Å². The SMILES string of the molecule is CCC(NC(C)c1ccc(F)cc1F)c1ccccc1. The molecule has 0 saturated carbocycles. The highest BCUT2D eigenvalue weighted by atomic mass is 19.1. The van der Waals surface area contributed by atoms with Crippen molar-refractivity contribution in [3.05, 3.63) is 71.3 Å². The molecule has 3 heteroatoms. The van der Waals surface area contributed by atoms with Crippen molar-refractivity contribution in [1.82, 2.24) is 5.32 Å². The molecule has 2 unspecified atom stereocenters. The first kappa shape index (κ1) is 14.7. The van der Waals surface area contributed by atoms with E-state index in [0.717, 1.165) is 12.5 Å². The Balaban J connectivity index is 2.15. The molecule has 106 valence electrons. The van der Waals surface area contributed by atoms with Gasteiger partial charge in [0.25, 0.3) is 0 Å². The zero-order chi connectivity index (χ0) is 14.5. The zero-order valence-corrected chi connectivity index (χ0v) is 11.7. The highest BCUT2D eigenvalue weighted by Gasteiger charge is 2.16. The van der Waals surface area contributed by atoms with Crippen LogP contribution in [0, 0.1) is 11.6 Å². The number of benzene rings is 2. The van der Waals surface area contributed by atoms with Crippen LogP contribution in [0.2, 0.25) is 0 Å². The normalized spacial score (nSPS) is 14.0. The predicted molar refractivity (Wildman–Crippen MR) is 77.4 cm³/mol. The molecule has 0 aliphatic carbocycles. The monoisotopic (exact) mass is 275 g/mol. The van der Waals surface area contributed by atoms with E-state index in [0.29, 0.717) is 5.56 Å². The Labute approximate surface area is 118 Å². The minimum atomic E-state index is -0.548. The third kappa shape index (κ3) is 3.42. The molecule has 1 N–H and O–H groups in total. The van der Waals surface area contributed by atoms with Crippen LogP contribution >= 0.6 is 0 Å². The van der Waals surface area contributed by atoms with Gasteiger partial charge < -0.3 is 5.32 Å². The molecule has 0 bridgehead atoms. The smallest absolute Gasteiger partial charge is 0.130 e. The minimum absolute atomic E-state index is 0.149. The van der Waals surface area contributed by atoms with E-state index in [9.17, 15) is 8.78 Å². The lowest BCUT2D eigenvalue weighted by molar-refractivity contribution is 0.441. The fourth-order valence-electron chi connectivity index (χ4n) is 2.38. The third-order valence-electron chi connectivity index (χ3n) is 3.49. The lowest BCUT2D eigenvalue weighted by atomic mass is 10.0. The fourth-order valence-corrected chi connectivity index (χ4v) is 2.38. The van der Waals surface area contributed by atoms with Crippen molar-refractivity contribution in [2.75, 3.05) is 0 Å². The molecule has 0 saturated heterocycles. The lowest BCUT2D eigenvalue weighted by Gasteiger charge is -2.23. The Morgan fingerprint density at radius 2 is 1.75 bits per heavy atom. The highest BCUT2D eigenvalue weighted by molar-refractivity contribution is 5.23. The number of hydrogen-bond donors (Lipinski definition) is 1. The van der Waals surface area contributed by atoms with E-state index >= 15 is 0 Å². The Morgan fingerprint density at radius 3 is 2.35 bits per heavy atom. The van der Waals surface area contributed by atoms with Crippen LogP contribution in [0.5, 0.6) is 0 Å². The van der Waals surface area contributed by atoms with Crippen LogP contribution in [0.25, 0.3) is 0 Å². The minimum Gasteiger partial charge on any atom is -0.303 e. The first-order chi connectivity index (χ1) is 9.61. The van der Waals surface area contributed by atoms with Crippen LogP contribution < -0.4 is 5.32 Å². The largest absolute Gasteiger partial charge is 0.303 e. The number of nitrogens with one attached hydrogen (secondary N) is 1. The molecule has 2 aromatic carbocycles. The molecule has 0 aliphatic heterocycles. The molecule has 0 aromatic heterocycles. The van der Waals surface area contributed by atoms with Gasteiger partial charge in [-0.1, -0.05) is 43.3 Å². The summed E-state index contributed by atoms with van der Waals surface area (Å²) < 4.78 is 26.7. The van der Waals surface area contributed by atoms with Gasteiger partial charge in [0, 0.05) is 23.7 Å². The fraction of sp³-hybridized carbons (Fsp3) is 0.294. The van der Waals surface area contributed by atoms with E-state index in [-0.39, 0.29) is 12.1 Å². The lowest BCUT2D eigenvalue weighted by Crippen LogP contribution is -2.25. The van der Waals surface area contributed by atoms with Crippen molar-refractivity contribution in [3.63, 3.8) is 0 Å². The van der Waals surface area contributed by atoms with Crippen molar-refractivity contribution < 1.29 is 8.78 Å². The number of halogens is 2. The average Bonchev–Trinajstić information content (AvgIpc) is 2.45. The molecule has 0 fully saturated rings. The van der Waals surface area contributed by atoms with Gasteiger partial charge in [-0.2, -0.15) is 0 Å². The van der Waals surface area contributed by atoms with Gasteiger partial charge in [0.05, 0.1) is 0 Å². The van der Waals surface area contributed by atoms with Gasteiger partial charge in [-0.25, -0.2) is 8.78 Å². The van der Waals surface area contributed by atoms with Crippen LogP contribution in [0.1, 0.15) is 43.5 Å². The summed E-state index contributed by atoms with van der Waals surface area (Å²) in [6.07, 6.45) is 0.900. The van der Waals surface area contributed by atoms with Gasteiger partial charge >= 0.3 is 0 Å². The van der Waals surface area contributed by atoms with Gasteiger partial charge in [-0.05, 0) is 25.0 Å². The molecule has 2 aromatic rings. The molecule has 2 rings (SSSR count). The summed E-state index contributed by atoms with van der Waals surface area (Å²) in [4.78, 5) is 0. The Morgan fingerprint density at radius 1 is 1.05 bits per heavy atom. The second-order valence-corrected chi connectivity index (χ2v) is 4.93. The molecule has 0 heterocycles. The average molecular weight is 275 g/mol. The quantitative estimate of drug-likeness (QED) is 0.829. The van der Waals surface area contributed by atoms with Gasteiger partial charge in [0.1, 0.15) is 11.6 Å². The molecule has 20 heavy (non-hydrogen) atoms. The first-order valence-corrected chi connectivity index (χ1v) is 6.87. The summed E-state index contributed by atoms with van der Waals surface area (Å²) >= 11 is 0. The molecular formula is C17H19F2N. The second-order valence-electron chi connectivity index (χ2n) is 4.93. The Bertz CT molecular complexity index is 554. The van der Waals surface area contributed by atoms with Crippen LogP contribution in [-0.2, 0) is 0 Å². The topological polar surface area (TPSA) is 12.0 Å². The van der Waals surface area contributed by atoms with Gasteiger partial charge in [0.2, 0.25) is 0 Å². The third-order valence-corrected chi connectivity index (χ3v) is 3.49. The van der Waals surface area contributed by atoms with Crippen molar-refractivity contribution in [2.45, 2.75) is 32.4 Å². The molecule has 1 nitrogen and oxygen atoms in total. The zero-order valence-electron chi connectivity index (χ0n) is 11.7. The summed E-state index contributed by atoms with van der Waals surface area (Å²) in [6, 6.07) is 13.7. The summed E-state index contributed by atoms with van der Waals surface area (Å²) in [6.45, 7) is 3.97. The van der Waals surface area contributed by atoms with Gasteiger partial charge in [0.15, 0.2) is 0 Å². The maximum absolute atomic E-state index is 13.8. The van der Waals surface area contributed by atoms with Crippen LogP contribution in [0.4, 0.5) is 8.78 Å². The van der Waals surface area contributed by atoms with Crippen molar-refractivity contribution in [2.24, 2.45) is 0 Å². The van der Waals surface area contributed by atoms with E-state index in [1.54, 1.807) is 0 Å². The van der Waals surface area contributed by atoms with E-state index in [4.69, 9.17) is 0 Å². The predicted octanol–water partition coefficient (Wildman–Crippen LogP) is 4.77. The number of rotatable bonds is 5. The van der Waals surface area contributed by atoms with E-state index in [2.05, 4.69) is 24.4 Å². The molecule has 0 spiro atoms. The summed E-state index contributed by atoms with van der Waals surface area (Å²) in [7, 11) is 0. The molecule has 0 aliphatic rings. The van der Waals surface area contributed by atoms with Gasteiger partial charge in [-0.15, -0.1) is 0 Å². The van der Waals surface area contributed by atoms with Crippen LogP contribution in [-0.4, -0.2) is 0 Å². The summed E-state index contributed by atoms with van der Waals surface area (Å²) in [5.41, 5.74) is 1.66. The van der Waals surface area contributed by atoms with Crippen molar-refractivity contribution >= 4 is 0 Å². The Kier molecular flexibility index (Phi) is 4.85. The van der Waals surface area contributed by atoms with Crippen LogP contribution in [0.15, 0.2) is 48.5 Å². The van der Waals surface area contributed by atoms with Gasteiger partial charge in [-0.3, -0.25) is 0 Å². The van der Waals surface area contributed by atoms with Crippen LogP contribution in [0.3, 0.4) is 0 Å². The molecule has 0 radical (unpaired) electrons. The van der Waals surface area contributed by atoms with E-state index in [1.165, 1.54) is 17.7 Å². The highest BCUT2D eigenvalue weighted by Crippen LogP contribution is 2.23. The number of hydrogen-bond acceptors (Lipinski definition) is 1.